The summed E-state index contributed by atoms with van der Waals surface area (Å²) in [5.74, 6) is -2.69. The summed E-state index contributed by atoms with van der Waals surface area (Å²) in [6.45, 7) is 0. The third-order valence-electron chi connectivity index (χ3n) is 2.86. The van der Waals surface area contributed by atoms with E-state index in [0.717, 1.165) is 18.9 Å². The molecule has 2 aromatic rings. The van der Waals surface area contributed by atoms with E-state index in [1.165, 1.54) is 0 Å². The molecule has 0 radical (unpaired) electrons. The number of hydrogen-bond acceptors (Lipinski definition) is 5. The average molecular weight is 280 g/mol. The maximum absolute atomic E-state index is 13.6. The number of rotatable bonds is 3. The molecule has 104 valence electrons. The minimum atomic E-state index is -0.894. The lowest BCUT2D eigenvalue weighted by Gasteiger charge is -2.00. The highest BCUT2D eigenvalue weighted by Crippen LogP contribution is 2.26. The fourth-order valence-electron chi connectivity index (χ4n) is 1.63. The zero-order valence-electron chi connectivity index (χ0n) is 10.2. The number of nitrogens with two attached hydrogens (primary N) is 1. The lowest BCUT2D eigenvalue weighted by Crippen LogP contribution is -2.26. The van der Waals surface area contributed by atoms with Crippen LogP contribution in [0.2, 0.25) is 0 Å². The summed E-state index contributed by atoms with van der Waals surface area (Å²) < 4.78 is 31.5. The second-order valence-corrected chi connectivity index (χ2v) is 4.52. The number of anilines is 1. The molecule has 0 saturated heterocycles. The third kappa shape index (κ3) is 2.31. The molecule has 0 bridgehead atoms. The summed E-state index contributed by atoms with van der Waals surface area (Å²) in [6.07, 6.45) is 1.83. The van der Waals surface area contributed by atoms with E-state index >= 15 is 0 Å². The van der Waals surface area contributed by atoms with Crippen molar-refractivity contribution < 1.29 is 18.1 Å². The number of nitrogen functional groups attached to an aromatic ring is 1. The molecule has 1 fully saturated rings. The van der Waals surface area contributed by atoms with Crippen LogP contribution in [-0.2, 0) is 0 Å². The van der Waals surface area contributed by atoms with Crippen molar-refractivity contribution in [3.05, 3.63) is 29.6 Å². The molecule has 1 saturated carbocycles. The van der Waals surface area contributed by atoms with Gasteiger partial charge in [-0.2, -0.15) is 4.98 Å². The van der Waals surface area contributed by atoms with Crippen molar-refractivity contribution in [2.24, 2.45) is 0 Å². The smallest absolute Gasteiger partial charge is 0.292 e. The van der Waals surface area contributed by atoms with Crippen LogP contribution >= 0.6 is 0 Å². The molecular formula is C12H10F2N4O2. The van der Waals surface area contributed by atoms with Crippen molar-refractivity contribution in [2.45, 2.75) is 18.9 Å². The van der Waals surface area contributed by atoms with E-state index in [0.29, 0.717) is 6.07 Å². The number of hydrogen-bond donors (Lipinski definition) is 2. The van der Waals surface area contributed by atoms with Gasteiger partial charge in [0.25, 0.3) is 17.6 Å². The summed E-state index contributed by atoms with van der Waals surface area (Å²) in [7, 11) is 0. The van der Waals surface area contributed by atoms with Gasteiger partial charge in [-0.1, -0.05) is 5.16 Å². The number of halogens is 2. The first-order valence-electron chi connectivity index (χ1n) is 5.94. The van der Waals surface area contributed by atoms with Crippen LogP contribution < -0.4 is 11.1 Å². The van der Waals surface area contributed by atoms with E-state index in [9.17, 15) is 13.6 Å². The average Bonchev–Trinajstić information content (AvgIpc) is 3.07. The molecule has 1 aromatic carbocycles. The number of nitrogens with one attached hydrogen (secondary N) is 1. The fourth-order valence-corrected chi connectivity index (χ4v) is 1.63. The summed E-state index contributed by atoms with van der Waals surface area (Å²) in [5, 5.41) is 6.13. The number of carbonyl (C=O) groups excluding carboxylic acids is 1. The van der Waals surface area contributed by atoms with Crippen LogP contribution in [0, 0.1) is 11.6 Å². The highest BCUT2D eigenvalue weighted by molar-refractivity contribution is 5.91. The quantitative estimate of drug-likeness (QED) is 0.831. The SMILES string of the molecule is Nc1cc(-c2nc(C(=O)NC3CC3)no2)c(F)cc1F. The number of benzene rings is 1. The van der Waals surface area contributed by atoms with Crippen molar-refractivity contribution in [1.29, 1.82) is 0 Å². The molecule has 1 aromatic heterocycles. The van der Waals surface area contributed by atoms with Gasteiger partial charge in [-0.15, -0.1) is 0 Å². The standard InChI is InChI=1S/C12H10F2N4O2/c13-7-4-8(14)9(15)3-6(7)12-17-10(18-20-12)11(19)16-5-1-2-5/h3-5H,1-2,15H2,(H,16,19). The summed E-state index contributed by atoms with van der Waals surface area (Å²) in [6, 6.07) is 1.81. The zero-order chi connectivity index (χ0) is 14.3. The van der Waals surface area contributed by atoms with Gasteiger partial charge in [-0.3, -0.25) is 4.79 Å². The fraction of sp³-hybridized carbons (Fsp3) is 0.250. The van der Waals surface area contributed by atoms with E-state index in [2.05, 4.69) is 15.5 Å². The molecular weight excluding hydrogens is 270 g/mol. The van der Waals surface area contributed by atoms with Crippen LogP contribution in [0.25, 0.3) is 11.5 Å². The molecule has 6 nitrogen and oxygen atoms in total. The Balaban J connectivity index is 1.89. The van der Waals surface area contributed by atoms with Crippen molar-refractivity contribution in [2.75, 3.05) is 5.73 Å². The lowest BCUT2D eigenvalue weighted by molar-refractivity contribution is 0.0937. The van der Waals surface area contributed by atoms with Crippen LogP contribution in [0.4, 0.5) is 14.5 Å². The lowest BCUT2D eigenvalue weighted by atomic mass is 10.2. The van der Waals surface area contributed by atoms with E-state index in [-0.39, 0.29) is 29.0 Å². The van der Waals surface area contributed by atoms with Gasteiger partial charge >= 0.3 is 0 Å². The summed E-state index contributed by atoms with van der Waals surface area (Å²) in [4.78, 5) is 15.5. The monoisotopic (exact) mass is 280 g/mol. The Morgan fingerprint density at radius 3 is 2.80 bits per heavy atom. The van der Waals surface area contributed by atoms with Gasteiger partial charge in [-0.05, 0) is 18.9 Å². The van der Waals surface area contributed by atoms with Gasteiger partial charge in [0.1, 0.15) is 11.6 Å². The summed E-state index contributed by atoms with van der Waals surface area (Å²) >= 11 is 0. The molecule has 0 atom stereocenters. The van der Waals surface area contributed by atoms with E-state index in [1.54, 1.807) is 0 Å². The van der Waals surface area contributed by atoms with Gasteiger partial charge < -0.3 is 15.6 Å². The van der Waals surface area contributed by atoms with Crippen molar-refractivity contribution in [3.63, 3.8) is 0 Å². The summed E-state index contributed by atoms with van der Waals surface area (Å²) in [5.41, 5.74) is 4.96. The molecule has 0 aliphatic heterocycles. The van der Waals surface area contributed by atoms with Crippen LogP contribution in [0.5, 0.6) is 0 Å². The zero-order valence-corrected chi connectivity index (χ0v) is 10.2. The van der Waals surface area contributed by atoms with Crippen LogP contribution in [0.3, 0.4) is 0 Å². The minimum absolute atomic E-state index is 0.141. The Morgan fingerprint density at radius 2 is 2.10 bits per heavy atom. The Bertz CT molecular complexity index is 682. The number of amides is 1. The van der Waals surface area contributed by atoms with Gasteiger partial charge in [0.05, 0.1) is 11.3 Å². The normalized spacial score (nSPS) is 14.3. The predicted molar refractivity (Wildman–Crippen MR) is 64.6 cm³/mol. The Morgan fingerprint density at radius 1 is 1.35 bits per heavy atom. The number of carbonyl (C=O) groups is 1. The number of nitrogens with zero attached hydrogens (tertiary/aromatic N) is 2. The Labute approximate surface area is 112 Å². The predicted octanol–water partition coefficient (Wildman–Crippen LogP) is 1.49. The third-order valence-corrected chi connectivity index (χ3v) is 2.86. The molecule has 20 heavy (non-hydrogen) atoms. The van der Waals surface area contributed by atoms with Gasteiger partial charge in [0, 0.05) is 12.1 Å². The second-order valence-electron chi connectivity index (χ2n) is 4.52. The molecule has 1 aliphatic rings. The van der Waals surface area contributed by atoms with E-state index in [4.69, 9.17) is 10.3 Å². The van der Waals surface area contributed by atoms with E-state index in [1.807, 2.05) is 0 Å². The van der Waals surface area contributed by atoms with Gasteiger partial charge in [0.2, 0.25) is 0 Å². The molecule has 8 heteroatoms. The molecule has 3 N–H and O–H groups in total. The molecule has 1 amide bonds. The number of aromatic nitrogens is 2. The topological polar surface area (TPSA) is 94.0 Å². The van der Waals surface area contributed by atoms with Crippen molar-refractivity contribution >= 4 is 11.6 Å². The molecule has 1 aliphatic carbocycles. The minimum Gasteiger partial charge on any atom is -0.396 e. The molecule has 1 heterocycles. The largest absolute Gasteiger partial charge is 0.396 e. The van der Waals surface area contributed by atoms with E-state index < -0.39 is 17.5 Å². The van der Waals surface area contributed by atoms with Crippen LogP contribution in [-0.4, -0.2) is 22.1 Å². The first kappa shape index (κ1) is 12.5. The first-order valence-corrected chi connectivity index (χ1v) is 5.94. The van der Waals surface area contributed by atoms with Crippen LogP contribution in [0.15, 0.2) is 16.7 Å². The maximum atomic E-state index is 13.6. The Hall–Kier alpha value is -2.51. The molecule has 0 spiro atoms. The first-order chi connectivity index (χ1) is 9.54. The second kappa shape index (κ2) is 4.55. The molecule has 3 rings (SSSR count). The highest BCUT2D eigenvalue weighted by Gasteiger charge is 2.26. The molecule has 0 unspecified atom stereocenters. The van der Waals surface area contributed by atoms with Gasteiger partial charge in [0.15, 0.2) is 0 Å². The van der Waals surface area contributed by atoms with Crippen molar-refractivity contribution in [3.8, 4) is 11.5 Å². The van der Waals surface area contributed by atoms with Crippen LogP contribution in [0.1, 0.15) is 23.5 Å². The Kier molecular flexibility index (Phi) is 2.85. The van der Waals surface area contributed by atoms with Gasteiger partial charge in [-0.25, -0.2) is 8.78 Å². The maximum Gasteiger partial charge on any atom is 0.292 e. The highest BCUT2D eigenvalue weighted by atomic mass is 19.1. The van der Waals surface area contributed by atoms with Crippen molar-refractivity contribution in [1.82, 2.24) is 15.5 Å².